The third kappa shape index (κ3) is 3.56. The number of fused-ring (bicyclic) bond motifs is 1. The minimum absolute atomic E-state index is 0.123. The van der Waals surface area contributed by atoms with Crippen molar-refractivity contribution in [2.45, 2.75) is 43.2 Å². The number of carbonyl (C=O) groups excluding carboxylic acids is 1. The summed E-state index contributed by atoms with van der Waals surface area (Å²) < 4.78 is 2.07. The lowest BCUT2D eigenvalue weighted by atomic mass is 10.1. The number of hydrogen-bond acceptors (Lipinski definition) is 6. The number of aryl methyl sites for hydroxylation is 1. The van der Waals surface area contributed by atoms with E-state index >= 15 is 0 Å². The van der Waals surface area contributed by atoms with Crippen LogP contribution < -0.4 is 5.32 Å². The Labute approximate surface area is 177 Å². The average molecular weight is 422 g/mol. The fourth-order valence-corrected chi connectivity index (χ4v) is 5.72. The van der Waals surface area contributed by atoms with Crippen LogP contribution in [-0.4, -0.2) is 26.4 Å². The lowest BCUT2D eigenvalue weighted by Crippen LogP contribution is -2.14. The molecule has 5 rings (SSSR count). The molecule has 0 atom stereocenters. The van der Waals surface area contributed by atoms with Crippen LogP contribution in [0.25, 0.3) is 5.69 Å². The maximum absolute atomic E-state index is 12.6. The van der Waals surface area contributed by atoms with E-state index in [9.17, 15) is 10.1 Å². The Morgan fingerprint density at radius 3 is 2.86 bits per heavy atom. The number of thiophene rings is 1. The van der Waals surface area contributed by atoms with Crippen molar-refractivity contribution in [2.24, 2.45) is 0 Å². The van der Waals surface area contributed by atoms with Crippen molar-refractivity contribution in [2.75, 3.05) is 11.1 Å². The van der Waals surface area contributed by atoms with Crippen molar-refractivity contribution < 1.29 is 4.79 Å². The number of thioether (sulfide) groups is 1. The van der Waals surface area contributed by atoms with Crippen LogP contribution in [0.5, 0.6) is 0 Å². The second-order valence-electron chi connectivity index (χ2n) is 7.30. The maximum Gasteiger partial charge on any atom is 0.235 e. The van der Waals surface area contributed by atoms with E-state index in [0.717, 1.165) is 54.3 Å². The van der Waals surface area contributed by atoms with Crippen molar-refractivity contribution in [1.82, 2.24) is 14.8 Å². The number of amides is 1. The molecule has 1 saturated carbocycles. The minimum Gasteiger partial charge on any atom is -0.316 e. The molecule has 1 aromatic carbocycles. The summed E-state index contributed by atoms with van der Waals surface area (Å²) in [6.45, 7) is 0. The fourth-order valence-electron chi connectivity index (χ4n) is 3.70. The van der Waals surface area contributed by atoms with Crippen molar-refractivity contribution in [3.63, 3.8) is 0 Å². The van der Waals surface area contributed by atoms with E-state index in [1.165, 1.54) is 16.6 Å². The number of nitriles is 1. The average Bonchev–Trinajstić information content (AvgIpc) is 3.19. The van der Waals surface area contributed by atoms with Crippen LogP contribution in [0.15, 0.2) is 35.5 Å². The lowest BCUT2D eigenvalue weighted by molar-refractivity contribution is -0.113. The Hall–Kier alpha value is -2.63. The highest BCUT2D eigenvalue weighted by Crippen LogP contribution is 2.41. The number of carbonyl (C=O) groups is 1. The van der Waals surface area contributed by atoms with E-state index in [2.05, 4.69) is 26.2 Å². The second kappa shape index (κ2) is 7.65. The van der Waals surface area contributed by atoms with Gasteiger partial charge in [-0.25, -0.2) is 0 Å². The molecule has 1 amide bonds. The van der Waals surface area contributed by atoms with Crippen molar-refractivity contribution in [1.29, 1.82) is 5.26 Å². The Kier molecular flexibility index (Phi) is 4.86. The second-order valence-corrected chi connectivity index (χ2v) is 9.34. The van der Waals surface area contributed by atoms with E-state index in [-0.39, 0.29) is 11.7 Å². The molecular formula is C21H19N5OS2. The smallest absolute Gasteiger partial charge is 0.235 e. The van der Waals surface area contributed by atoms with Crippen molar-refractivity contribution >= 4 is 34.0 Å². The zero-order valence-electron chi connectivity index (χ0n) is 15.7. The number of nitrogens with zero attached hydrogens (tertiary/aromatic N) is 4. The van der Waals surface area contributed by atoms with Gasteiger partial charge in [0.1, 0.15) is 16.9 Å². The van der Waals surface area contributed by atoms with Gasteiger partial charge in [0.05, 0.1) is 11.3 Å². The van der Waals surface area contributed by atoms with Gasteiger partial charge in [0.15, 0.2) is 5.16 Å². The molecule has 146 valence electrons. The molecule has 0 radical (unpaired) electrons. The predicted molar refractivity (Wildman–Crippen MR) is 114 cm³/mol. The predicted octanol–water partition coefficient (Wildman–Crippen LogP) is 4.30. The first-order chi connectivity index (χ1) is 14.2. The highest BCUT2D eigenvalue weighted by Gasteiger charge is 2.31. The van der Waals surface area contributed by atoms with Crippen LogP contribution in [0, 0.1) is 11.3 Å². The summed E-state index contributed by atoms with van der Waals surface area (Å²) in [5.41, 5.74) is 2.78. The number of hydrogen-bond donors (Lipinski definition) is 1. The summed E-state index contributed by atoms with van der Waals surface area (Å²) in [6, 6.07) is 12.3. The molecule has 8 heteroatoms. The number of nitrogens with one attached hydrogen (secondary N) is 1. The molecule has 3 aromatic rings. The van der Waals surface area contributed by atoms with Gasteiger partial charge in [0, 0.05) is 16.5 Å². The van der Waals surface area contributed by atoms with Crippen LogP contribution in [-0.2, 0) is 17.6 Å². The topological polar surface area (TPSA) is 83.6 Å². The zero-order valence-corrected chi connectivity index (χ0v) is 17.4. The number of aromatic nitrogens is 3. The molecule has 2 heterocycles. The summed E-state index contributed by atoms with van der Waals surface area (Å²) >= 11 is 2.92. The first kappa shape index (κ1) is 18.4. The number of anilines is 1. The molecule has 2 aliphatic carbocycles. The molecule has 1 N–H and O–H groups in total. The van der Waals surface area contributed by atoms with Crippen LogP contribution in [0.2, 0.25) is 0 Å². The van der Waals surface area contributed by atoms with Gasteiger partial charge in [-0.2, -0.15) is 5.26 Å². The van der Waals surface area contributed by atoms with Crippen LogP contribution in [0.3, 0.4) is 0 Å². The van der Waals surface area contributed by atoms with E-state index in [1.807, 2.05) is 30.3 Å². The third-order valence-electron chi connectivity index (χ3n) is 5.23. The zero-order chi connectivity index (χ0) is 19.8. The standard InChI is InChI=1S/C21H19N5OS2/c22-11-16-15-7-4-8-17(15)29-20(16)23-18(27)12-28-21-25-24-19(13-9-10-13)26(21)14-5-2-1-3-6-14/h1-3,5-6,13H,4,7-10,12H2,(H,23,27). The normalized spacial score (nSPS) is 15.1. The summed E-state index contributed by atoms with van der Waals surface area (Å²) in [5, 5.41) is 22.6. The Bertz CT molecular complexity index is 1110. The molecule has 0 bridgehead atoms. The van der Waals surface area contributed by atoms with Crippen LogP contribution in [0.4, 0.5) is 5.00 Å². The lowest BCUT2D eigenvalue weighted by Gasteiger charge is -2.09. The third-order valence-corrected chi connectivity index (χ3v) is 7.37. The van der Waals surface area contributed by atoms with Crippen LogP contribution >= 0.6 is 23.1 Å². The Morgan fingerprint density at radius 2 is 2.10 bits per heavy atom. The first-order valence-electron chi connectivity index (χ1n) is 9.72. The van der Waals surface area contributed by atoms with Gasteiger partial charge in [-0.05, 0) is 49.8 Å². The SMILES string of the molecule is N#Cc1c(NC(=O)CSc2nnc(C3CC3)n2-c2ccccc2)sc2c1CCC2. The number of benzene rings is 1. The maximum atomic E-state index is 12.6. The molecular weight excluding hydrogens is 402 g/mol. The largest absolute Gasteiger partial charge is 0.316 e. The molecule has 2 aliphatic rings. The van der Waals surface area contributed by atoms with Crippen molar-refractivity contribution in [3.05, 3.63) is 52.2 Å². The Morgan fingerprint density at radius 1 is 1.28 bits per heavy atom. The molecule has 2 aromatic heterocycles. The summed E-state index contributed by atoms with van der Waals surface area (Å²) in [5.74, 6) is 1.53. The van der Waals surface area contributed by atoms with E-state index in [1.54, 1.807) is 11.3 Å². The first-order valence-corrected chi connectivity index (χ1v) is 11.5. The van der Waals surface area contributed by atoms with Gasteiger partial charge in [-0.15, -0.1) is 21.5 Å². The van der Waals surface area contributed by atoms with Gasteiger partial charge in [0.2, 0.25) is 5.91 Å². The minimum atomic E-state index is -0.123. The van der Waals surface area contributed by atoms with Gasteiger partial charge in [0.25, 0.3) is 0 Å². The highest BCUT2D eigenvalue weighted by molar-refractivity contribution is 7.99. The van der Waals surface area contributed by atoms with E-state index in [0.29, 0.717) is 16.5 Å². The van der Waals surface area contributed by atoms with Gasteiger partial charge in [-0.1, -0.05) is 30.0 Å². The van der Waals surface area contributed by atoms with Gasteiger partial charge < -0.3 is 5.32 Å². The van der Waals surface area contributed by atoms with E-state index in [4.69, 9.17) is 0 Å². The summed E-state index contributed by atoms with van der Waals surface area (Å²) in [7, 11) is 0. The summed E-state index contributed by atoms with van der Waals surface area (Å²) in [4.78, 5) is 13.8. The fraction of sp³-hybridized carbons (Fsp3) is 0.333. The summed E-state index contributed by atoms with van der Waals surface area (Å²) in [6.07, 6.45) is 5.30. The molecule has 29 heavy (non-hydrogen) atoms. The van der Waals surface area contributed by atoms with Crippen molar-refractivity contribution in [3.8, 4) is 11.8 Å². The van der Waals surface area contributed by atoms with Gasteiger partial charge in [-0.3, -0.25) is 9.36 Å². The molecule has 6 nitrogen and oxygen atoms in total. The number of rotatable bonds is 6. The molecule has 0 aliphatic heterocycles. The Balaban J connectivity index is 1.32. The quantitative estimate of drug-likeness (QED) is 0.600. The molecule has 0 spiro atoms. The molecule has 0 saturated heterocycles. The van der Waals surface area contributed by atoms with Gasteiger partial charge >= 0.3 is 0 Å². The number of para-hydroxylation sites is 1. The molecule has 1 fully saturated rings. The molecule has 0 unspecified atom stereocenters. The van der Waals surface area contributed by atoms with E-state index < -0.39 is 0 Å². The highest BCUT2D eigenvalue weighted by atomic mass is 32.2. The monoisotopic (exact) mass is 421 g/mol. The van der Waals surface area contributed by atoms with Crippen LogP contribution in [0.1, 0.15) is 47.0 Å².